The Morgan fingerprint density at radius 3 is 1.92 bits per heavy atom. The van der Waals surface area contributed by atoms with E-state index < -0.39 is 41.6 Å². The molecule has 0 saturated heterocycles. The fourth-order valence-electron chi connectivity index (χ4n) is 3.57. The van der Waals surface area contributed by atoms with E-state index in [9.17, 15) is 35.8 Å². The Bertz CT molecular complexity index is 1240. The van der Waals surface area contributed by atoms with E-state index in [2.05, 4.69) is 0 Å². The molecule has 0 amide bonds. The Balaban J connectivity index is 2.04. The fraction of sp³-hybridized carbons (Fsp3) is 0.333. The number of hydrogen-bond donors (Lipinski definition) is 1. The molecule has 0 aliphatic carbocycles. The van der Waals surface area contributed by atoms with Crippen molar-refractivity contribution in [3.63, 3.8) is 0 Å². The number of benzene rings is 3. The number of aliphatic hydroxyl groups is 1. The van der Waals surface area contributed by atoms with Crippen LogP contribution in [0.25, 0.3) is 0 Å². The molecule has 3 aromatic rings. The highest BCUT2D eigenvalue weighted by Gasteiger charge is 2.54. The molecule has 37 heavy (non-hydrogen) atoms. The number of halogens is 7. The molecule has 0 radical (unpaired) electrons. The zero-order valence-electron chi connectivity index (χ0n) is 20.5. The second-order valence-electron chi connectivity index (χ2n) is 9.79. The van der Waals surface area contributed by atoms with Crippen molar-refractivity contribution in [2.24, 2.45) is 0 Å². The molecular formula is C27H26F7NO2. The third kappa shape index (κ3) is 6.54. The smallest absolute Gasteiger partial charge is 0.436 e. The number of alkyl halides is 6. The maximum Gasteiger partial charge on any atom is 0.436 e. The minimum absolute atomic E-state index is 0.107. The van der Waals surface area contributed by atoms with Crippen LogP contribution < -0.4 is 9.64 Å². The monoisotopic (exact) mass is 529 g/mol. The molecule has 3 rings (SSSR count). The van der Waals surface area contributed by atoms with E-state index in [0.29, 0.717) is 35.8 Å². The molecule has 3 nitrogen and oxygen atoms in total. The van der Waals surface area contributed by atoms with Crippen molar-refractivity contribution in [3.05, 3.63) is 89.2 Å². The van der Waals surface area contributed by atoms with Crippen LogP contribution >= 0.6 is 0 Å². The Hall–Kier alpha value is -3.27. The number of hydrogen-bond acceptors (Lipinski definition) is 3. The van der Waals surface area contributed by atoms with Gasteiger partial charge in [-0.25, -0.2) is 4.39 Å². The van der Waals surface area contributed by atoms with Crippen molar-refractivity contribution in [1.82, 2.24) is 0 Å². The predicted molar refractivity (Wildman–Crippen MR) is 126 cm³/mol. The third-order valence-corrected chi connectivity index (χ3v) is 5.83. The van der Waals surface area contributed by atoms with E-state index >= 15 is 0 Å². The molecule has 1 atom stereocenters. The molecule has 0 saturated carbocycles. The number of nitrogens with zero attached hydrogens (tertiary/aromatic N) is 1. The summed E-state index contributed by atoms with van der Waals surface area (Å²) in [6.07, 6.45) is -10.1. The zero-order valence-corrected chi connectivity index (χ0v) is 20.5. The largest absolute Gasteiger partial charge is 0.457 e. The van der Waals surface area contributed by atoms with E-state index in [1.165, 1.54) is 24.3 Å². The van der Waals surface area contributed by atoms with Crippen LogP contribution in [-0.4, -0.2) is 17.0 Å². The summed E-state index contributed by atoms with van der Waals surface area (Å²) in [6, 6.07) is 13.8. The average Bonchev–Trinajstić information content (AvgIpc) is 2.76. The molecule has 0 bridgehead atoms. The van der Waals surface area contributed by atoms with Crippen LogP contribution in [0.3, 0.4) is 0 Å². The van der Waals surface area contributed by atoms with Crippen LogP contribution in [0.4, 0.5) is 36.4 Å². The van der Waals surface area contributed by atoms with Gasteiger partial charge in [0.2, 0.25) is 5.72 Å². The molecule has 1 unspecified atom stereocenters. The summed E-state index contributed by atoms with van der Waals surface area (Å²) in [5, 5.41) is 10.5. The quantitative estimate of drug-likeness (QED) is 0.258. The first-order valence-corrected chi connectivity index (χ1v) is 11.2. The highest BCUT2D eigenvalue weighted by molar-refractivity contribution is 5.54. The lowest BCUT2D eigenvalue weighted by molar-refractivity contribution is -0.253. The highest BCUT2D eigenvalue weighted by Crippen LogP contribution is 2.40. The highest BCUT2D eigenvalue weighted by atomic mass is 19.4. The molecule has 3 aromatic carbocycles. The normalized spacial score (nSPS) is 14.3. The standard InChI is InChI=1S/C27H26F7NO2/c1-24(2,3)18-7-5-9-21(14-18)37-22-10-6-8-20(15-22)35(25(4,36)27(32,33)34)16-17-13-19(26(29,30)31)11-12-23(17)28/h5-15,36H,16H2,1-4H3. The second kappa shape index (κ2) is 9.89. The van der Waals surface area contributed by atoms with Gasteiger partial charge in [-0.2, -0.15) is 26.3 Å². The average molecular weight is 529 g/mol. The molecule has 0 heterocycles. The summed E-state index contributed by atoms with van der Waals surface area (Å²) in [5.74, 6) is -0.638. The SMILES string of the molecule is CC(C)(C)c1cccc(Oc2cccc(N(Cc3cc(C(F)(F)F)ccc3F)C(C)(O)C(F)(F)F)c2)c1. The summed E-state index contributed by atoms with van der Waals surface area (Å²) >= 11 is 0. The minimum atomic E-state index is -5.23. The van der Waals surface area contributed by atoms with Crippen molar-refractivity contribution in [2.75, 3.05) is 4.90 Å². The number of ether oxygens (including phenoxy) is 1. The maximum absolute atomic E-state index is 14.4. The van der Waals surface area contributed by atoms with E-state index in [1.54, 1.807) is 18.2 Å². The van der Waals surface area contributed by atoms with Gasteiger partial charge in [0.1, 0.15) is 17.3 Å². The zero-order chi connectivity index (χ0) is 27.8. The summed E-state index contributed by atoms with van der Waals surface area (Å²) < 4.78 is 101. The molecule has 0 fully saturated rings. The summed E-state index contributed by atoms with van der Waals surface area (Å²) in [6.45, 7) is 5.42. The van der Waals surface area contributed by atoms with Crippen molar-refractivity contribution in [3.8, 4) is 11.5 Å². The van der Waals surface area contributed by atoms with E-state index in [4.69, 9.17) is 4.74 Å². The van der Waals surface area contributed by atoms with Crippen LogP contribution in [0.15, 0.2) is 66.7 Å². The topological polar surface area (TPSA) is 32.7 Å². The van der Waals surface area contributed by atoms with Crippen molar-refractivity contribution in [1.29, 1.82) is 0 Å². The molecule has 0 aliphatic rings. The van der Waals surface area contributed by atoms with Gasteiger partial charge in [-0.3, -0.25) is 0 Å². The predicted octanol–water partition coefficient (Wildman–Crippen LogP) is 8.21. The second-order valence-corrected chi connectivity index (χ2v) is 9.79. The Labute approximate surface area is 210 Å². The van der Waals surface area contributed by atoms with Crippen molar-refractivity contribution < 1.29 is 40.6 Å². The van der Waals surface area contributed by atoms with Gasteiger partial charge < -0.3 is 14.7 Å². The first kappa shape index (κ1) is 28.3. The van der Waals surface area contributed by atoms with E-state index in [0.717, 1.165) is 5.56 Å². The van der Waals surface area contributed by atoms with Crippen molar-refractivity contribution >= 4 is 5.69 Å². The summed E-state index contributed by atoms with van der Waals surface area (Å²) in [5.41, 5.74) is -4.96. The minimum Gasteiger partial charge on any atom is -0.457 e. The molecule has 0 spiro atoms. The lowest BCUT2D eigenvalue weighted by Crippen LogP contribution is -2.57. The summed E-state index contributed by atoms with van der Waals surface area (Å²) in [4.78, 5) is 0.379. The molecule has 200 valence electrons. The van der Waals surface area contributed by atoms with Gasteiger partial charge in [-0.15, -0.1) is 0 Å². The Morgan fingerprint density at radius 1 is 0.757 bits per heavy atom. The Kier molecular flexibility index (Phi) is 7.56. The molecule has 10 heteroatoms. The molecule has 1 N–H and O–H groups in total. The van der Waals surface area contributed by atoms with Gasteiger partial charge >= 0.3 is 12.4 Å². The van der Waals surface area contributed by atoms with Gasteiger partial charge in [0, 0.05) is 23.9 Å². The number of anilines is 1. The lowest BCUT2D eigenvalue weighted by atomic mass is 9.87. The third-order valence-electron chi connectivity index (χ3n) is 5.83. The van der Waals surface area contributed by atoms with Crippen molar-refractivity contribution in [2.45, 2.75) is 57.7 Å². The Morgan fingerprint density at radius 2 is 1.35 bits per heavy atom. The van der Waals surface area contributed by atoms with Gasteiger partial charge in [0.05, 0.1) is 5.56 Å². The van der Waals surface area contributed by atoms with E-state index in [-0.39, 0.29) is 16.9 Å². The fourth-order valence-corrected chi connectivity index (χ4v) is 3.57. The van der Waals surface area contributed by atoms with Gasteiger partial charge in [-0.05, 0) is 60.4 Å². The van der Waals surface area contributed by atoms with Crippen LogP contribution in [0.2, 0.25) is 0 Å². The first-order chi connectivity index (χ1) is 16.9. The lowest BCUT2D eigenvalue weighted by Gasteiger charge is -2.40. The van der Waals surface area contributed by atoms with Gasteiger partial charge in [0.15, 0.2) is 0 Å². The first-order valence-electron chi connectivity index (χ1n) is 11.2. The molecule has 0 aliphatic heterocycles. The number of rotatable bonds is 6. The maximum atomic E-state index is 14.4. The molecule has 0 aromatic heterocycles. The van der Waals surface area contributed by atoms with Gasteiger partial charge in [-0.1, -0.05) is 39.0 Å². The van der Waals surface area contributed by atoms with E-state index in [1.807, 2.05) is 26.8 Å². The van der Waals surface area contributed by atoms with Gasteiger partial charge in [0.25, 0.3) is 0 Å². The van der Waals surface area contributed by atoms with Crippen LogP contribution in [0, 0.1) is 5.82 Å². The van der Waals surface area contributed by atoms with Crippen LogP contribution in [0.1, 0.15) is 44.4 Å². The van der Waals surface area contributed by atoms with Crippen LogP contribution in [0.5, 0.6) is 11.5 Å². The van der Waals surface area contributed by atoms with Crippen LogP contribution in [-0.2, 0) is 18.1 Å². The summed E-state index contributed by atoms with van der Waals surface area (Å²) in [7, 11) is 0. The molecular weight excluding hydrogens is 503 g/mol.